The molecule has 0 bridgehead atoms. The molecule has 6 nitrogen and oxygen atoms in total. The fourth-order valence-corrected chi connectivity index (χ4v) is 2.85. The molecule has 6 heteroatoms. The molecular weight excluding hydrogens is 344 g/mol. The van der Waals surface area contributed by atoms with Crippen molar-refractivity contribution in [2.45, 2.75) is 25.4 Å². The van der Waals surface area contributed by atoms with Crippen molar-refractivity contribution in [3.63, 3.8) is 0 Å². The lowest BCUT2D eigenvalue weighted by Crippen LogP contribution is -2.19. The Kier molecular flexibility index (Phi) is 6.96. The molecule has 1 unspecified atom stereocenters. The van der Waals surface area contributed by atoms with Crippen molar-refractivity contribution in [2.24, 2.45) is 0 Å². The molecule has 1 heterocycles. The van der Waals surface area contributed by atoms with Crippen molar-refractivity contribution >= 4 is 23.2 Å². The Hall–Kier alpha value is -2.70. The van der Waals surface area contributed by atoms with Crippen LogP contribution in [-0.2, 0) is 14.3 Å². The molecule has 0 radical (unpaired) electrons. The van der Waals surface area contributed by atoms with Crippen LogP contribution in [0.1, 0.15) is 29.6 Å². The Morgan fingerprint density at radius 2 is 1.70 bits per heavy atom. The van der Waals surface area contributed by atoms with E-state index in [1.807, 2.05) is 12.1 Å². The van der Waals surface area contributed by atoms with Gasteiger partial charge >= 0.3 is 0 Å². The van der Waals surface area contributed by atoms with Gasteiger partial charge in [0.1, 0.15) is 0 Å². The fraction of sp³-hybridized carbons (Fsp3) is 0.333. The van der Waals surface area contributed by atoms with Gasteiger partial charge in [-0.25, -0.2) is 0 Å². The van der Waals surface area contributed by atoms with E-state index >= 15 is 0 Å². The first-order chi connectivity index (χ1) is 13.2. The number of benzene rings is 2. The molecular formula is C21H24N2O4. The summed E-state index contributed by atoms with van der Waals surface area (Å²) >= 11 is 0. The molecule has 27 heavy (non-hydrogen) atoms. The number of rotatable bonds is 8. The second kappa shape index (κ2) is 9.85. The molecule has 2 amide bonds. The van der Waals surface area contributed by atoms with Gasteiger partial charge in [0.2, 0.25) is 5.91 Å². The van der Waals surface area contributed by atoms with Crippen molar-refractivity contribution in [3.05, 3.63) is 60.2 Å². The number of ether oxygens (including phenoxy) is 2. The smallest absolute Gasteiger partial charge is 0.255 e. The van der Waals surface area contributed by atoms with E-state index < -0.39 is 0 Å². The van der Waals surface area contributed by atoms with Gasteiger partial charge in [-0.3, -0.25) is 9.59 Å². The average molecular weight is 368 g/mol. The Morgan fingerprint density at radius 3 is 2.41 bits per heavy atom. The third-order valence-electron chi connectivity index (χ3n) is 4.29. The maximum Gasteiger partial charge on any atom is 0.255 e. The Labute approximate surface area is 158 Å². The van der Waals surface area contributed by atoms with Gasteiger partial charge in [0.05, 0.1) is 37.1 Å². The van der Waals surface area contributed by atoms with E-state index in [1.165, 1.54) is 0 Å². The molecule has 1 aliphatic heterocycles. The number of nitrogens with one attached hydrogen (secondary N) is 2. The van der Waals surface area contributed by atoms with Gasteiger partial charge in [0, 0.05) is 12.2 Å². The molecule has 2 aromatic carbocycles. The zero-order valence-corrected chi connectivity index (χ0v) is 15.1. The SMILES string of the molecule is O=C(CCOCC1CCCO1)Nc1ccccc1NC(=O)c1ccccc1. The fourth-order valence-electron chi connectivity index (χ4n) is 2.85. The Bertz CT molecular complexity index is 758. The van der Waals surface area contributed by atoms with E-state index in [0.29, 0.717) is 30.2 Å². The number of hydrogen-bond donors (Lipinski definition) is 2. The minimum absolute atomic E-state index is 0.155. The van der Waals surface area contributed by atoms with Crippen LogP contribution in [0.2, 0.25) is 0 Å². The number of hydrogen-bond acceptors (Lipinski definition) is 4. The second-order valence-electron chi connectivity index (χ2n) is 6.37. The summed E-state index contributed by atoms with van der Waals surface area (Å²) in [5.41, 5.74) is 1.67. The van der Waals surface area contributed by atoms with Gasteiger partial charge < -0.3 is 20.1 Å². The van der Waals surface area contributed by atoms with E-state index in [-0.39, 0.29) is 24.3 Å². The summed E-state index contributed by atoms with van der Waals surface area (Å²) < 4.78 is 11.0. The van der Waals surface area contributed by atoms with Gasteiger partial charge in [-0.05, 0) is 37.1 Å². The molecule has 0 aliphatic carbocycles. The molecule has 0 saturated carbocycles. The highest BCUT2D eigenvalue weighted by Gasteiger charge is 2.15. The van der Waals surface area contributed by atoms with Crippen LogP contribution in [-0.4, -0.2) is 37.7 Å². The lowest BCUT2D eigenvalue weighted by molar-refractivity contribution is -0.117. The zero-order chi connectivity index (χ0) is 18.9. The first kappa shape index (κ1) is 19.1. The molecule has 2 N–H and O–H groups in total. The van der Waals surface area contributed by atoms with Crippen molar-refractivity contribution in [1.29, 1.82) is 0 Å². The number of amides is 2. The summed E-state index contributed by atoms with van der Waals surface area (Å²) in [5, 5.41) is 5.67. The van der Waals surface area contributed by atoms with Crippen LogP contribution < -0.4 is 10.6 Å². The van der Waals surface area contributed by atoms with Crippen LogP contribution in [0.15, 0.2) is 54.6 Å². The molecule has 1 saturated heterocycles. The minimum atomic E-state index is -0.225. The Morgan fingerprint density at radius 1 is 1.00 bits per heavy atom. The summed E-state index contributed by atoms with van der Waals surface area (Å²) in [6, 6.07) is 16.1. The summed E-state index contributed by atoms with van der Waals surface area (Å²) in [7, 11) is 0. The van der Waals surface area contributed by atoms with Crippen LogP contribution >= 0.6 is 0 Å². The van der Waals surface area contributed by atoms with Crippen molar-refractivity contribution < 1.29 is 19.1 Å². The summed E-state index contributed by atoms with van der Waals surface area (Å²) in [6.07, 6.45) is 2.48. The van der Waals surface area contributed by atoms with Crippen molar-refractivity contribution in [1.82, 2.24) is 0 Å². The predicted molar refractivity (Wildman–Crippen MR) is 104 cm³/mol. The highest BCUT2D eigenvalue weighted by molar-refractivity contribution is 6.07. The molecule has 0 aromatic heterocycles. The van der Waals surface area contributed by atoms with Gasteiger partial charge in [0.15, 0.2) is 0 Å². The molecule has 3 rings (SSSR count). The third kappa shape index (κ3) is 5.91. The van der Waals surface area contributed by atoms with Gasteiger partial charge in [-0.2, -0.15) is 0 Å². The normalized spacial score (nSPS) is 16.1. The van der Waals surface area contributed by atoms with Crippen LogP contribution in [0, 0.1) is 0 Å². The highest BCUT2D eigenvalue weighted by Crippen LogP contribution is 2.22. The first-order valence-electron chi connectivity index (χ1n) is 9.17. The van der Waals surface area contributed by atoms with Crippen LogP contribution in [0.5, 0.6) is 0 Å². The quantitative estimate of drug-likeness (QED) is 0.700. The van der Waals surface area contributed by atoms with E-state index in [1.54, 1.807) is 42.5 Å². The number of para-hydroxylation sites is 2. The summed E-state index contributed by atoms with van der Waals surface area (Å²) in [5.74, 6) is -0.388. The van der Waals surface area contributed by atoms with Crippen LogP contribution in [0.3, 0.4) is 0 Å². The van der Waals surface area contributed by atoms with Crippen LogP contribution in [0.25, 0.3) is 0 Å². The van der Waals surface area contributed by atoms with Gasteiger partial charge in [-0.15, -0.1) is 0 Å². The molecule has 142 valence electrons. The summed E-state index contributed by atoms with van der Waals surface area (Å²) in [6.45, 7) is 1.65. The minimum Gasteiger partial charge on any atom is -0.378 e. The summed E-state index contributed by atoms with van der Waals surface area (Å²) in [4.78, 5) is 24.5. The third-order valence-corrected chi connectivity index (χ3v) is 4.29. The predicted octanol–water partition coefficient (Wildman–Crippen LogP) is 3.46. The monoisotopic (exact) mass is 368 g/mol. The second-order valence-corrected chi connectivity index (χ2v) is 6.37. The number of carbonyl (C=O) groups excluding carboxylic acids is 2. The lowest BCUT2D eigenvalue weighted by Gasteiger charge is -2.13. The Balaban J connectivity index is 1.49. The van der Waals surface area contributed by atoms with E-state index in [9.17, 15) is 9.59 Å². The zero-order valence-electron chi connectivity index (χ0n) is 15.1. The molecule has 1 fully saturated rings. The molecule has 0 spiro atoms. The first-order valence-corrected chi connectivity index (χ1v) is 9.17. The number of anilines is 2. The van der Waals surface area contributed by atoms with E-state index in [0.717, 1.165) is 19.4 Å². The number of carbonyl (C=O) groups is 2. The maximum absolute atomic E-state index is 12.3. The average Bonchev–Trinajstić information content (AvgIpc) is 3.21. The molecule has 1 aliphatic rings. The van der Waals surface area contributed by atoms with Crippen molar-refractivity contribution in [3.8, 4) is 0 Å². The topological polar surface area (TPSA) is 76.7 Å². The molecule has 2 aromatic rings. The lowest BCUT2D eigenvalue weighted by atomic mass is 10.2. The van der Waals surface area contributed by atoms with Crippen molar-refractivity contribution in [2.75, 3.05) is 30.5 Å². The highest BCUT2D eigenvalue weighted by atomic mass is 16.5. The van der Waals surface area contributed by atoms with Gasteiger partial charge in [-0.1, -0.05) is 30.3 Å². The standard InChI is InChI=1S/C21H24N2O4/c24-20(12-14-26-15-17-9-6-13-27-17)22-18-10-4-5-11-19(18)23-21(25)16-7-2-1-3-8-16/h1-5,7-8,10-11,17H,6,9,12-15H2,(H,22,24)(H,23,25). The van der Waals surface area contributed by atoms with Crippen LogP contribution in [0.4, 0.5) is 11.4 Å². The maximum atomic E-state index is 12.3. The van der Waals surface area contributed by atoms with E-state index in [2.05, 4.69) is 10.6 Å². The molecule has 1 atom stereocenters. The van der Waals surface area contributed by atoms with Gasteiger partial charge in [0.25, 0.3) is 5.91 Å². The largest absolute Gasteiger partial charge is 0.378 e. The van der Waals surface area contributed by atoms with E-state index in [4.69, 9.17) is 9.47 Å².